The van der Waals surface area contributed by atoms with Crippen molar-refractivity contribution < 1.29 is 4.79 Å². The van der Waals surface area contributed by atoms with Gasteiger partial charge in [-0.1, -0.05) is 61.0 Å². The second kappa shape index (κ2) is 9.26. The van der Waals surface area contributed by atoms with Crippen LogP contribution in [0.15, 0.2) is 58.5 Å². The van der Waals surface area contributed by atoms with Crippen LogP contribution >= 0.6 is 23.4 Å². The number of thioether (sulfide) groups is 1. The van der Waals surface area contributed by atoms with Gasteiger partial charge >= 0.3 is 0 Å². The fraction of sp³-hybridized carbons (Fsp3) is 0.286. The number of nitrogens with zero attached hydrogens (tertiary/aromatic N) is 2. The number of rotatable bonds is 7. The molecular weight excluding hydrogens is 394 g/mol. The van der Waals surface area contributed by atoms with Crippen LogP contribution in [0.2, 0.25) is 5.02 Å². The first-order valence-corrected chi connectivity index (χ1v) is 10.6. The molecule has 1 aromatic heterocycles. The van der Waals surface area contributed by atoms with E-state index in [0.717, 1.165) is 12.8 Å². The quantitative estimate of drug-likeness (QED) is 0.457. The highest BCUT2D eigenvalue weighted by Crippen LogP contribution is 2.25. The van der Waals surface area contributed by atoms with Crippen LogP contribution in [0.5, 0.6) is 0 Å². The van der Waals surface area contributed by atoms with Gasteiger partial charge in [0.25, 0.3) is 5.56 Å². The van der Waals surface area contributed by atoms with Gasteiger partial charge in [-0.3, -0.25) is 14.2 Å². The zero-order valence-electron chi connectivity index (χ0n) is 15.8. The maximum Gasteiger partial charge on any atom is 0.266 e. The van der Waals surface area contributed by atoms with E-state index in [9.17, 15) is 9.59 Å². The van der Waals surface area contributed by atoms with Crippen LogP contribution in [0, 0.1) is 0 Å². The average molecular weight is 416 g/mol. The Labute approximate surface area is 173 Å². The molecule has 1 N–H and O–H groups in total. The molecule has 0 spiro atoms. The predicted molar refractivity (Wildman–Crippen MR) is 116 cm³/mol. The van der Waals surface area contributed by atoms with Gasteiger partial charge in [0.05, 0.1) is 27.4 Å². The third-order valence-corrected chi connectivity index (χ3v) is 5.56. The summed E-state index contributed by atoms with van der Waals surface area (Å²) in [5.41, 5.74) is 0.939. The summed E-state index contributed by atoms with van der Waals surface area (Å²) < 4.78 is 1.48. The number of carbonyl (C=O) groups excluding carboxylic acids is 1. The lowest BCUT2D eigenvalue weighted by atomic mass is 10.2. The maximum absolute atomic E-state index is 13.2. The lowest BCUT2D eigenvalue weighted by Gasteiger charge is -2.15. The van der Waals surface area contributed by atoms with Gasteiger partial charge in [-0.15, -0.1) is 0 Å². The first-order valence-electron chi connectivity index (χ1n) is 9.20. The van der Waals surface area contributed by atoms with Crippen molar-refractivity contribution in [2.75, 3.05) is 5.75 Å². The number of amides is 1. The molecule has 0 fully saturated rings. The number of hydrogen-bond donors (Lipinski definition) is 1. The van der Waals surface area contributed by atoms with Crippen LogP contribution in [-0.2, 0) is 4.79 Å². The molecule has 1 amide bonds. The molecule has 1 heterocycles. The fourth-order valence-electron chi connectivity index (χ4n) is 3.01. The summed E-state index contributed by atoms with van der Waals surface area (Å²) >= 11 is 7.57. The monoisotopic (exact) mass is 415 g/mol. The van der Waals surface area contributed by atoms with Gasteiger partial charge in [0.1, 0.15) is 0 Å². The molecule has 1 atom stereocenters. The van der Waals surface area contributed by atoms with E-state index in [0.29, 0.717) is 26.8 Å². The van der Waals surface area contributed by atoms with E-state index in [1.807, 2.05) is 19.1 Å². The normalized spacial score (nSPS) is 12.1. The molecule has 0 saturated carbocycles. The molecule has 0 aliphatic rings. The standard InChI is InChI=1S/C21H22ClN3O2S/c1-3-8-14(2)23-19(26)13-28-21-24-17-11-6-4-9-15(17)20(27)25(21)18-12-7-5-10-16(18)22/h4-7,9-12,14H,3,8,13H2,1-2H3,(H,23,26)/t14-/m1/s1. The summed E-state index contributed by atoms with van der Waals surface area (Å²) in [6.07, 6.45) is 1.93. The first kappa shape index (κ1) is 20.4. The maximum atomic E-state index is 13.2. The highest BCUT2D eigenvalue weighted by atomic mass is 35.5. The Morgan fingerprint density at radius 3 is 2.68 bits per heavy atom. The van der Waals surface area contributed by atoms with E-state index >= 15 is 0 Å². The van der Waals surface area contributed by atoms with Crippen molar-refractivity contribution in [2.24, 2.45) is 0 Å². The summed E-state index contributed by atoms with van der Waals surface area (Å²) in [7, 11) is 0. The highest BCUT2D eigenvalue weighted by Gasteiger charge is 2.16. The van der Waals surface area contributed by atoms with E-state index < -0.39 is 0 Å². The molecule has 0 aliphatic heterocycles. The molecule has 2 aromatic carbocycles. The average Bonchev–Trinajstić information content (AvgIpc) is 2.67. The van der Waals surface area contributed by atoms with Gasteiger partial charge in [0, 0.05) is 6.04 Å². The Bertz CT molecular complexity index is 1050. The Kier molecular flexibility index (Phi) is 6.75. The van der Waals surface area contributed by atoms with Gasteiger partial charge in [-0.05, 0) is 37.6 Å². The van der Waals surface area contributed by atoms with Gasteiger partial charge in [-0.2, -0.15) is 0 Å². The lowest BCUT2D eigenvalue weighted by Crippen LogP contribution is -2.34. The van der Waals surface area contributed by atoms with Crippen molar-refractivity contribution in [3.8, 4) is 5.69 Å². The molecule has 28 heavy (non-hydrogen) atoms. The zero-order chi connectivity index (χ0) is 20.1. The Morgan fingerprint density at radius 1 is 1.21 bits per heavy atom. The molecular formula is C21H22ClN3O2S. The number of nitrogens with one attached hydrogen (secondary N) is 1. The number of fused-ring (bicyclic) bond motifs is 1. The summed E-state index contributed by atoms with van der Waals surface area (Å²) in [4.78, 5) is 30.1. The smallest absolute Gasteiger partial charge is 0.266 e. The number of benzene rings is 2. The van der Waals surface area contributed by atoms with Gasteiger partial charge in [-0.25, -0.2) is 4.98 Å². The largest absolute Gasteiger partial charge is 0.353 e. The van der Waals surface area contributed by atoms with Crippen LogP contribution in [-0.4, -0.2) is 27.3 Å². The minimum absolute atomic E-state index is 0.0842. The van der Waals surface area contributed by atoms with Crippen molar-refractivity contribution >= 4 is 40.2 Å². The van der Waals surface area contributed by atoms with Gasteiger partial charge < -0.3 is 5.32 Å². The fourth-order valence-corrected chi connectivity index (χ4v) is 4.04. The molecule has 146 valence electrons. The second-order valence-corrected chi connectivity index (χ2v) is 7.90. The number of para-hydroxylation sites is 2. The summed E-state index contributed by atoms with van der Waals surface area (Å²) in [6.45, 7) is 4.07. The van der Waals surface area contributed by atoms with Crippen molar-refractivity contribution in [3.05, 3.63) is 63.9 Å². The van der Waals surface area contributed by atoms with Crippen molar-refractivity contribution in [3.63, 3.8) is 0 Å². The highest BCUT2D eigenvalue weighted by molar-refractivity contribution is 7.99. The van der Waals surface area contributed by atoms with Crippen molar-refractivity contribution in [2.45, 2.75) is 37.9 Å². The minimum Gasteiger partial charge on any atom is -0.353 e. The van der Waals surface area contributed by atoms with Crippen LogP contribution in [0.4, 0.5) is 0 Å². The molecule has 3 aromatic rings. The molecule has 3 rings (SSSR count). The SMILES string of the molecule is CCC[C@@H](C)NC(=O)CSc1nc2ccccc2c(=O)n1-c1ccccc1Cl. The molecule has 0 bridgehead atoms. The van der Waals surface area contributed by atoms with Gasteiger partial charge in [0.15, 0.2) is 5.16 Å². The number of aromatic nitrogens is 2. The number of halogens is 1. The van der Waals surface area contributed by atoms with E-state index in [1.165, 1.54) is 16.3 Å². The van der Waals surface area contributed by atoms with E-state index in [-0.39, 0.29) is 23.3 Å². The Morgan fingerprint density at radius 2 is 1.93 bits per heavy atom. The van der Waals surface area contributed by atoms with Crippen LogP contribution in [0.1, 0.15) is 26.7 Å². The molecule has 0 aliphatic carbocycles. The topological polar surface area (TPSA) is 64.0 Å². The Balaban J connectivity index is 1.99. The van der Waals surface area contributed by atoms with Crippen LogP contribution in [0.25, 0.3) is 16.6 Å². The van der Waals surface area contributed by atoms with Gasteiger partial charge in [0.2, 0.25) is 5.91 Å². The molecule has 7 heteroatoms. The molecule has 0 unspecified atom stereocenters. The van der Waals surface area contributed by atoms with E-state index in [2.05, 4.69) is 17.2 Å². The van der Waals surface area contributed by atoms with E-state index in [4.69, 9.17) is 11.6 Å². The third-order valence-electron chi connectivity index (χ3n) is 4.30. The minimum atomic E-state index is -0.207. The summed E-state index contributed by atoms with van der Waals surface area (Å²) in [6, 6.07) is 14.4. The second-order valence-electron chi connectivity index (χ2n) is 6.55. The zero-order valence-corrected chi connectivity index (χ0v) is 17.4. The molecule has 0 radical (unpaired) electrons. The first-order chi connectivity index (χ1) is 13.5. The number of hydrogen-bond acceptors (Lipinski definition) is 4. The number of carbonyl (C=O) groups is 1. The molecule has 0 saturated heterocycles. The van der Waals surface area contributed by atoms with Crippen LogP contribution < -0.4 is 10.9 Å². The van der Waals surface area contributed by atoms with E-state index in [1.54, 1.807) is 36.4 Å². The molecule has 5 nitrogen and oxygen atoms in total. The third kappa shape index (κ3) is 4.56. The summed E-state index contributed by atoms with van der Waals surface area (Å²) in [5.74, 6) is 0.0857. The lowest BCUT2D eigenvalue weighted by molar-refractivity contribution is -0.119. The summed E-state index contributed by atoms with van der Waals surface area (Å²) in [5, 5.41) is 4.37. The Hall–Kier alpha value is -2.31. The predicted octanol–water partition coefficient (Wildman–Crippen LogP) is 4.44. The van der Waals surface area contributed by atoms with Crippen molar-refractivity contribution in [1.29, 1.82) is 0 Å². The van der Waals surface area contributed by atoms with Crippen LogP contribution in [0.3, 0.4) is 0 Å². The van der Waals surface area contributed by atoms with Crippen molar-refractivity contribution in [1.82, 2.24) is 14.9 Å².